The number of nitrogens with zero attached hydrogens (tertiary/aromatic N) is 1. The van der Waals surface area contributed by atoms with Crippen LogP contribution in [0.5, 0.6) is 0 Å². The Hall–Kier alpha value is -0.670. The van der Waals surface area contributed by atoms with Crippen LogP contribution in [-0.4, -0.2) is 17.0 Å². The Morgan fingerprint density at radius 2 is 2.20 bits per heavy atom. The van der Waals surface area contributed by atoms with Crippen LogP contribution in [0.25, 0.3) is 0 Å². The number of benzene rings is 1. The van der Waals surface area contributed by atoms with Gasteiger partial charge >= 0.3 is 0 Å². The fourth-order valence-corrected chi connectivity index (χ4v) is 2.55. The molecule has 1 aromatic carbocycles. The quantitative estimate of drug-likeness (QED) is 0.854. The predicted octanol–water partition coefficient (Wildman–Crippen LogP) is 3.63. The Morgan fingerprint density at radius 1 is 1.47 bits per heavy atom. The van der Waals surface area contributed by atoms with Crippen molar-refractivity contribution in [1.82, 2.24) is 0 Å². The molecule has 2 rings (SSSR count). The fraction of sp³-hybridized carbons (Fsp3) is 0.364. The highest BCUT2D eigenvalue weighted by Crippen LogP contribution is 2.22. The van der Waals surface area contributed by atoms with Crippen LogP contribution in [0.15, 0.2) is 29.3 Å². The van der Waals surface area contributed by atoms with Crippen LogP contribution >= 0.6 is 23.4 Å². The molecule has 2 nitrogen and oxygen atoms in total. The Kier molecular flexibility index (Phi) is 3.54. The molecule has 1 atom stereocenters. The number of rotatable bonds is 2. The maximum absolute atomic E-state index is 5.81. The summed E-state index contributed by atoms with van der Waals surface area (Å²) < 4.78 is 0. The summed E-state index contributed by atoms with van der Waals surface area (Å²) in [7, 11) is 0. The van der Waals surface area contributed by atoms with Crippen LogP contribution in [0.1, 0.15) is 13.3 Å². The van der Waals surface area contributed by atoms with Crippen molar-refractivity contribution < 1.29 is 0 Å². The summed E-state index contributed by atoms with van der Waals surface area (Å²) in [5, 5.41) is 5.06. The minimum atomic E-state index is 0.477. The first-order chi connectivity index (χ1) is 7.28. The zero-order valence-electron chi connectivity index (χ0n) is 8.53. The number of aliphatic imine (C=N–C) groups is 1. The summed E-state index contributed by atoms with van der Waals surface area (Å²) in [6, 6.07) is 8.16. The zero-order valence-corrected chi connectivity index (χ0v) is 10.1. The summed E-state index contributed by atoms with van der Waals surface area (Å²) >= 11 is 7.59. The average molecular weight is 241 g/mol. The molecule has 15 heavy (non-hydrogen) atoms. The molecule has 0 spiro atoms. The number of anilines is 1. The largest absolute Gasteiger partial charge is 0.335 e. The van der Waals surface area contributed by atoms with Gasteiger partial charge in [-0.05, 0) is 30.7 Å². The molecule has 4 heteroatoms. The molecule has 1 aliphatic heterocycles. The van der Waals surface area contributed by atoms with Gasteiger partial charge in [0.25, 0.3) is 0 Å². The first-order valence-electron chi connectivity index (χ1n) is 5.01. The van der Waals surface area contributed by atoms with Gasteiger partial charge in [0.2, 0.25) is 0 Å². The Morgan fingerprint density at radius 3 is 2.80 bits per heavy atom. The number of amidine groups is 1. The maximum Gasteiger partial charge on any atom is 0.161 e. The first kappa shape index (κ1) is 10.8. The number of hydrogen-bond acceptors (Lipinski definition) is 3. The molecule has 0 saturated heterocycles. The minimum Gasteiger partial charge on any atom is -0.335 e. The molecule has 1 heterocycles. The van der Waals surface area contributed by atoms with E-state index in [0.29, 0.717) is 6.04 Å². The molecule has 1 aliphatic rings. The summed E-state index contributed by atoms with van der Waals surface area (Å²) in [5.41, 5.74) is 1.04. The first-order valence-corrected chi connectivity index (χ1v) is 6.37. The van der Waals surface area contributed by atoms with Gasteiger partial charge in [0.05, 0.1) is 6.04 Å². The number of halogens is 1. The minimum absolute atomic E-state index is 0.477. The molecular weight excluding hydrogens is 228 g/mol. The number of nitrogens with one attached hydrogen (secondary N) is 1. The highest BCUT2D eigenvalue weighted by molar-refractivity contribution is 8.14. The second kappa shape index (κ2) is 4.90. The molecule has 0 aliphatic carbocycles. The molecule has 0 unspecified atom stereocenters. The van der Waals surface area contributed by atoms with Crippen LogP contribution in [-0.2, 0) is 0 Å². The van der Waals surface area contributed by atoms with Gasteiger partial charge in [0.1, 0.15) is 0 Å². The van der Waals surface area contributed by atoms with Crippen LogP contribution in [0.2, 0.25) is 5.02 Å². The summed E-state index contributed by atoms with van der Waals surface area (Å²) in [5.74, 6) is 1.09. The molecule has 0 bridgehead atoms. The highest BCUT2D eigenvalue weighted by atomic mass is 35.5. The van der Waals surface area contributed by atoms with Crippen molar-refractivity contribution >= 4 is 34.2 Å². The third-order valence-electron chi connectivity index (χ3n) is 2.28. The zero-order chi connectivity index (χ0) is 10.7. The summed E-state index contributed by atoms with van der Waals surface area (Å²) in [4.78, 5) is 4.56. The van der Waals surface area contributed by atoms with Crippen molar-refractivity contribution in [3.05, 3.63) is 29.3 Å². The number of hydrogen-bond donors (Lipinski definition) is 1. The topological polar surface area (TPSA) is 24.4 Å². The van der Waals surface area contributed by atoms with E-state index in [1.807, 2.05) is 24.3 Å². The van der Waals surface area contributed by atoms with Crippen molar-refractivity contribution in [2.45, 2.75) is 19.4 Å². The molecule has 0 radical (unpaired) electrons. The van der Waals surface area contributed by atoms with E-state index in [1.165, 1.54) is 0 Å². The lowest BCUT2D eigenvalue weighted by Gasteiger charge is -2.04. The van der Waals surface area contributed by atoms with Gasteiger partial charge in [-0.25, -0.2) is 0 Å². The van der Waals surface area contributed by atoms with Crippen molar-refractivity contribution in [3.63, 3.8) is 0 Å². The van der Waals surface area contributed by atoms with E-state index in [0.717, 1.165) is 28.1 Å². The fourth-order valence-electron chi connectivity index (χ4n) is 1.35. The number of thioether (sulfide) groups is 1. The van der Waals surface area contributed by atoms with E-state index in [2.05, 4.69) is 17.2 Å². The van der Waals surface area contributed by atoms with E-state index >= 15 is 0 Å². The van der Waals surface area contributed by atoms with Crippen LogP contribution in [0.4, 0.5) is 5.69 Å². The highest BCUT2D eigenvalue weighted by Gasteiger charge is 2.15. The molecule has 80 valence electrons. The van der Waals surface area contributed by atoms with E-state index in [4.69, 9.17) is 11.6 Å². The third-order valence-corrected chi connectivity index (χ3v) is 3.56. The molecule has 0 saturated carbocycles. The van der Waals surface area contributed by atoms with Gasteiger partial charge in [-0.3, -0.25) is 4.99 Å². The van der Waals surface area contributed by atoms with Crippen molar-refractivity contribution in [2.75, 3.05) is 11.1 Å². The molecule has 1 N–H and O–H groups in total. The van der Waals surface area contributed by atoms with Crippen LogP contribution < -0.4 is 5.32 Å². The lowest BCUT2D eigenvalue weighted by atomic mass is 10.3. The summed E-state index contributed by atoms with van der Waals surface area (Å²) in [6.07, 6.45) is 1.11. The van der Waals surface area contributed by atoms with E-state index in [9.17, 15) is 0 Å². The van der Waals surface area contributed by atoms with E-state index in [1.54, 1.807) is 11.8 Å². The van der Waals surface area contributed by atoms with Gasteiger partial charge in [-0.2, -0.15) is 0 Å². The smallest absolute Gasteiger partial charge is 0.161 e. The van der Waals surface area contributed by atoms with Gasteiger partial charge in [-0.15, -0.1) is 0 Å². The van der Waals surface area contributed by atoms with Gasteiger partial charge < -0.3 is 5.32 Å². The molecular formula is C11H13ClN2S. The average Bonchev–Trinajstić information content (AvgIpc) is 2.69. The lowest BCUT2D eigenvalue weighted by molar-refractivity contribution is 0.738. The monoisotopic (exact) mass is 240 g/mol. The third kappa shape index (κ3) is 2.89. The van der Waals surface area contributed by atoms with Crippen LogP contribution in [0.3, 0.4) is 0 Å². The van der Waals surface area contributed by atoms with Crippen molar-refractivity contribution in [3.8, 4) is 0 Å². The van der Waals surface area contributed by atoms with E-state index < -0.39 is 0 Å². The van der Waals surface area contributed by atoms with Gasteiger partial charge in [-0.1, -0.05) is 30.3 Å². The lowest BCUT2D eigenvalue weighted by Crippen LogP contribution is -2.04. The Bertz CT molecular complexity index is 361. The second-order valence-corrected chi connectivity index (χ2v) is 4.88. The molecule has 0 amide bonds. The molecule has 1 aromatic rings. The Labute approximate surface area is 99.1 Å². The normalized spacial score (nSPS) is 20.1. The molecule has 0 aromatic heterocycles. The van der Waals surface area contributed by atoms with Crippen molar-refractivity contribution in [1.29, 1.82) is 0 Å². The SMILES string of the molecule is CC[C@H]1CSC(Nc2ccc(Cl)cc2)=N1. The standard InChI is InChI=1S/C11H13ClN2S/c1-2-9-7-15-11(13-9)14-10-5-3-8(12)4-6-10/h3-6,9H,2,7H2,1H3,(H,13,14)/t9-/m0/s1. The van der Waals surface area contributed by atoms with Gasteiger partial charge in [0, 0.05) is 16.5 Å². The summed E-state index contributed by atoms with van der Waals surface area (Å²) in [6.45, 7) is 2.17. The van der Waals surface area contributed by atoms with Gasteiger partial charge in [0.15, 0.2) is 5.17 Å². The predicted molar refractivity (Wildman–Crippen MR) is 69.0 cm³/mol. The maximum atomic E-state index is 5.81. The van der Waals surface area contributed by atoms with Crippen molar-refractivity contribution in [2.24, 2.45) is 4.99 Å². The van der Waals surface area contributed by atoms with E-state index in [-0.39, 0.29) is 0 Å². The van der Waals surface area contributed by atoms with Crippen LogP contribution in [0, 0.1) is 0 Å². The molecule has 0 fully saturated rings. The Balaban J connectivity index is 2.00. The second-order valence-electron chi connectivity index (χ2n) is 3.44.